The van der Waals surface area contributed by atoms with Gasteiger partial charge in [0.25, 0.3) is 0 Å². The van der Waals surface area contributed by atoms with Crippen LogP contribution in [-0.2, 0) is 0 Å². The highest BCUT2D eigenvalue weighted by molar-refractivity contribution is 6.71. The SMILES string of the molecule is [B]c1c([B])c([B])c(-c2nc(-c3c([B])c([B])c(-c4c([B])c([B])c([B])c([B])c4[B])c([B])c3[B])nc(-n3c4cccc5c6ccccc6c6c(-c7cccc8oc9ccccc9c78)ccc3c6c54)n2)c([B])c1[B]. The summed E-state index contributed by atoms with van der Waals surface area (Å²) in [6.45, 7) is 0. The smallest absolute Gasteiger partial charge is 0.238 e. The number of fused-ring (bicyclic) bond motifs is 6. The van der Waals surface area contributed by atoms with Gasteiger partial charge >= 0.3 is 0 Å². The lowest BCUT2D eigenvalue weighted by molar-refractivity contribution is 0.669. The molecule has 0 aliphatic carbocycles. The number of furan rings is 1. The van der Waals surface area contributed by atoms with Crippen molar-refractivity contribution in [3.05, 3.63) is 97.1 Å². The van der Waals surface area contributed by atoms with Gasteiger partial charge in [-0.05, 0) is 62.7 Å². The second-order valence-corrected chi connectivity index (χ2v) is 17.3. The summed E-state index contributed by atoms with van der Waals surface area (Å²) >= 11 is 0. The Morgan fingerprint density at radius 2 is 0.714 bits per heavy atom. The van der Waals surface area contributed by atoms with Crippen molar-refractivity contribution < 1.29 is 4.42 Å². The van der Waals surface area contributed by atoms with Gasteiger partial charge in [-0.3, -0.25) is 4.57 Å². The number of rotatable bonds is 5. The number of hydrogen-bond donors (Lipinski definition) is 0. The van der Waals surface area contributed by atoms with E-state index in [1.165, 1.54) is 0 Å². The fourth-order valence-electron chi connectivity index (χ4n) is 10.3. The first kappa shape index (κ1) is 44.5. The number of para-hydroxylation sites is 1. The van der Waals surface area contributed by atoms with E-state index in [9.17, 15) is 0 Å². The average molecular weight is 852 g/mol. The molecule has 28 radical (unpaired) electrons. The lowest BCUT2D eigenvalue weighted by Gasteiger charge is -2.28. The van der Waals surface area contributed by atoms with Crippen molar-refractivity contribution in [3.63, 3.8) is 0 Å². The van der Waals surface area contributed by atoms with Gasteiger partial charge in [0.05, 0.1) is 11.0 Å². The largest absolute Gasteiger partial charge is 0.456 e. The molecule has 3 heterocycles. The maximum Gasteiger partial charge on any atom is 0.238 e. The third-order valence-corrected chi connectivity index (χ3v) is 13.7. The zero-order chi connectivity index (χ0) is 48.9. The van der Waals surface area contributed by atoms with E-state index in [1.807, 2.05) is 65.2 Å². The lowest BCUT2D eigenvalue weighted by Crippen LogP contribution is -2.57. The maximum atomic E-state index is 6.98. The van der Waals surface area contributed by atoms with Crippen LogP contribution in [0.15, 0.2) is 101 Å². The van der Waals surface area contributed by atoms with Gasteiger partial charge in [0, 0.05) is 38.1 Å². The van der Waals surface area contributed by atoms with E-state index in [1.54, 1.807) is 0 Å². The van der Waals surface area contributed by atoms with E-state index in [0.717, 1.165) is 76.4 Å². The molecular weight excluding hydrogens is 836 g/mol. The van der Waals surface area contributed by atoms with Crippen LogP contribution in [0.4, 0.5) is 0 Å². The minimum atomic E-state index is -0.0967. The molecule has 12 rings (SSSR count). The van der Waals surface area contributed by atoms with E-state index in [4.69, 9.17) is 129 Å². The van der Waals surface area contributed by atoms with Crippen molar-refractivity contribution in [2.75, 3.05) is 0 Å². The summed E-state index contributed by atoms with van der Waals surface area (Å²) in [6, 6.07) is 32.7. The summed E-state index contributed by atoms with van der Waals surface area (Å²) in [6.07, 6.45) is 0. The number of nitrogens with zero attached hydrogens (tertiary/aromatic N) is 4. The van der Waals surface area contributed by atoms with Crippen molar-refractivity contribution in [2.24, 2.45) is 0 Å². The second kappa shape index (κ2) is 15.9. The topological polar surface area (TPSA) is 56.7 Å². The Labute approximate surface area is 421 Å². The molecule has 0 aliphatic heterocycles. The van der Waals surface area contributed by atoms with Gasteiger partial charge in [-0.15, -0.1) is 32.8 Å². The van der Waals surface area contributed by atoms with Crippen LogP contribution in [0, 0.1) is 0 Å². The summed E-state index contributed by atoms with van der Waals surface area (Å²) in [5, 5.41) is 7.98. The summed E-state index contributed by atoms with van der Waals surface area (Å²) in [5.74, 6) is -0.0320. The third kappa shape index (κ3) is 6.02. The lowest BCUT2D eigenvalue weighted by atomic mass is 9.56. The molecule has 3 aromatic heterocycles. The third-order valence-electron chi connectivity index (χ3n) is 13.7. The summed E-state index contributed by atoms with van der Waals surface area (Å²) < 4.78 is 8.31. The Kier molecular flexibility index (Phi) is 10.1. The quantitative estimate of drug-likeness (QED) is 0.133. The van der Waals surface area contributed by atoms with Crippen molar-refractivity contribution in [2.45, 2.75) is 0 Å². The monoisotopic (exact) mass is 854 g/mol. The fraction of sp³-hybridized carbons (Fsp3) is 0. The molecule has 0 saturated heterocycles. The van der Waals surface area contributed by atoms with Gasteiger partial charge in [0.15, 0.2) is 11.6 Å². The molecule has 0 spiro atoms. The Bertz CT molecular complexity index is 4230. The molecule has 288 valence electrons. The molecule has 12 aromatic rings. The van der Waals surface area contributed by atoms with Gasteiger partial charge in [-0.1, -0.05) is 116 Å². The molecule has 9 aromatic carbocycles. The zero-order valence-electron chi connectivity index (χ0n) is 37.0. The molecule has 0 bridgehead atoms. The van der Waals surface area contributed by atoms with E-state index in [2.05, 4.69) is 36.4 Å². The molecule has 70 heavy (non-hydrogen) atoms. The number of benzene rings is 9. The van der Waals surface area contributed by atoms with Gasteiger partial charge < -0.3 is 4.42 Å². The normalized spacial score (nSPS) is 11.9. The predicted molar refractivity (Wildman–Crippen MR) is 305 cm³/mol. The molecule has 19 heteroatoms. The summed E-state index contributed by atoms with van der Waals surface area (Å²) in [5.41, 5.74) is 4.71. The first-order valence-electron chi connectivity index (χ1n) is 21.8. The molecule has 0 aliphatic rings. The standard InChI is InChI=1S/C51H16B14N4O/c52-35-31(32-37(54)43(60)47(64)44(61)38(32)55)36(53)40(57)33(39(35)56)49-66-50(34-41(58)45(62)48(65)46(63)42(34)59)68-51(67-49)69-23-12-5-10-19-17-7-1-2-8-18(17)28-21(15-16-24(69)30(28)29(19)23)20-11-6-14-26-27(20)22-9-3-4-13-25(22)70-26/h1-16H. The second-order valence-electron chi connectivity index (χ2n) is 17.3. The molecule has 5 nitrogen and oxygen atoms in total. The Hall–Kier alpha value is -6.72. The summed E-state index contributed by atoms with van der Waals surface area (Å²) in [4.78, 5) is 15.1. The minimum Gasteiger partial charge on any atom is -0.456 e. The van der Waals surface area contributed by atoms with Crippen LogP contribution in [0.2, 0.25) is 0 Å². The van der Waals surface area contributed by atoms with Crippen molar-refractivity contribution in [1.82, 2.24) is 19.5 Å². The molecule has 0 unspecified atom stereocenters. The van der Waals surface area contributed by atoms with Crippen LogP contribution in [0.3, 0.4) is 0 Å². The van der Waals surface area contributed by atoms with Crippen molar-refractivity contribution in [1.29, 1.82) is 0 Å². The van der Waals surface area contributed by atoms with E-state index in [-0.39, 0.29) is 116 Å². The van der Waals surface area contributed by atoms with Gasteiger partial charge in [0.2, 0.25) is 5.95 Å². The predicted octanol–water partition coefficient (Wildman–Crippen LogP) is -3.61. The number of aromatic nitrogens is 4. The van der Waals surface area contributed by atoms with E-state index >= 15 is 0 Å². The van der Waals surface area contributed by atoms with E-state index < -0.39 is 0 Å². The zero-order valence-corrected chi connectivity index (χ0v) is 37.0. The highest BCUT2D eigenvalue weighted by Crippen LogP contribution is 2.48. The highest BCUT2D eigenvalue weighted by atomic mass is 16.3. The molecule has 0 atom stereocenters. The average Bonchev–Trinajstić information content (AvgIpc) is 3.93. The van der Waals surface area contributed by atoms with Gasteiger partial charge in [-0.25, -0.2) is 4.98 Å². The number of hydrogen-bond acceptors (Lipinski definition) is 4. The Morgan fingerprint density at radius 3 is 1.31 bits per heavy atom. The van der Waals surface area contributed by atoms with Crippen LogP contribution in [0.5, 0.6) is 0 Å². The maximum absolute atomic E-state index is 6.98. The van der Waals surface area contributed by atoms with Crippen molar-refractivity contribution >= 4 is 252 Å². The van der Waals surface area contributed by atoms with E-state index in [0.29, 0.717) is 0 Å². The minimum absolute atomic E-state index is 0.00399. The van der Waals surface area contributed by atoms with Crippen LogP contribution in [-0.4, -0.2) is 129 Å². The fourth-order valence-corrected chi connectivity index (χ4v) is 10.3. The molecule has 0 N–H and O–H groups in total. The van der Waals surface area contributed by atoms with Crippen LogP contribution in [0.1, 0.15) is 0 Å². The van der Waals surface area contributed by atoms with Crippen LogP contribution < -0.4 is 76.5 Å². The van der Waals surface area contributed by atoms with Crippen LogP contribution in [0.25, 0.3) is 116 Å². The first-order valence-corrected chi connectivity index (χ1v) is 21.8. The molecule has 0 amide bonds. The Morgan fingerprint density at radius 1 is 0.300 bits per heavy atom. The van der Waals surface area contributed by atoms with Crippen LogP contribution >= 0.6 is 0 Å². The van der Waals surface area contributed by atoms with Crippen molar-refractivity contribution in [3.8, 4) is 51.0 Å². The molecule has 0 fully saturated rings. The Balaban J connectivity index is 1.20. The highest BCUT2D eigenvalue weighted by Gasteiger charge is 2.28. The van der Waals surface area contributed by atoms with Gasteiger partial charge in [0.1, 0.15) is 121 Å². The molecular formula is C51H16B14N4O. The summed E-state index contributed by atoms with van der Waals surface area (Å²) in [7, 11) is 92.0. The molecule has 0 saturated carbocycles. The first-order chi connectivity index (χ1) is 33.6. The van der Waals surface area contributed by atoms with Gasteiger partial charge in [-0.2, -0.15) is 9.97 Å².